The number of hydrogen-bond acceptors (Lipinski definition) is 5. The minimum Gasteiger partial charge on any atom is -0.464 e. The Kier molecular flexibility index (Phi) is 3.40. The number of hydrogen-bond donors (Lipinski definition) is 1. The van der Waals surface area contributed by atoms with Crippen LogP contribution in [0, 0.1) is 0 Å². The molecule has 0 aliphatic carbocycles. The Bertz CT molecular complexity index is 612. The van der Waals surface area contributed by atoms with Crippen molar-refractivity contribution in [2.24, 2.45) is 0 Å². The van der Waals surface area contributed by atoms with Gasteiger partial charge in [-0.3, -0.25) is 0 Å². The molecule has 94 valence electrons. The van der Waals surface area contributed by atoms with E-state index in [4.69, 9.17) is 28.9 Å². The largest absolute Gasteiger partial charge is 0.464 e. The van der Waals surface area contributed by atoms with E-state index in [1.807, 2.05) is 0 Å². The highest BCUT2D eigenvalue weighted by atomic mass is 35.5. The molecule has 8 heteroatoms. The fraction of sp³-hybridized carbons (Fsp3) is 0.100. The molecule has 0 amide bonds. The van der Waals surface area contributed by atoms with Gasteiger partial charge in [0, 0.05) is 5.02 Å². The van der Waals surface area contributed by atoms with Crippen molar-refractivity contribution in [3.05, 3.63) is 33.9 Å². The molecule has 0 fully saturated rings. The molecular formula is C10H8Cl2N4O2. The Morgan fingerprint density at radius 3 is 2.78 bits per heavy atom. The average molecular weight is 287 g/mol. The highest BCUT2D eigenvalue weighted by Gasteiger charge is 2.19. The molecule has 2 aromatic rings. The number of esters is 1. The quantitative estimate of drug-likeness (QED) is 0.853. The van der Waals surface area contributed by atoms with Crippen molar-refractivity contribution in [1.29, 1.82) is 0 Å². The van der Waals surface area contributed by atoms with Crippen LogP contribution in [0.4, 0.5) is 5.82 Å². The van der Waals surface area contributed by atoms with E-state index in [9.17, 15) is 4.79 Å². The number of methoxy groups -OCH3 is 1. The Balaban J connectivity index is 2.52. The Morgan fingerprint density at radius 2 is 2.17 bits per heavy atom. The van der Waals surface area contributed by atoms with Crippen molar-refractivity contribution in [1.82, 2.24) is 15.0 Å². The van der Waals surface area contributed by atoms with Gasteiger partial charge in [-0.25, -0.2) is 4.79 Å². The van der Waals surface area contributed by atoms with Crippen LogP contribution in [0.15, 0.2) is 18.2 Å². The fourth-order valence-corrected chi connectivity index (χ4v) is 1.85. The molecule has 0 saturated heterocycles. The summed E-state index contributed by atoms with van der Waals surface area (Å²) in [6.45, 7) is 0. The predicted octanol–water partition coefficient (Wildman–Crippen LogP) is 1.94. The third kappa shape index (κ3) is 2.12. The first-order valence-electron chi connectivity index (χ1n) is 4.79. The van der Waals surface area contributed by atoms with Crippen LogP contribution >= 0.6 is 23.2 Å². The summed E-state index contributed by atoms with van der Waals surface area (Å²) < 4.78 is 5.77. The second-order valence-corrected chi connectivity index (χ2v) is 4.17. The van der Waals surface area contributed by atoms with Gasteiger partial charge in [0.2, 0.25) is 5.69 Å². The first-order chi connectivity index (χ1) is 8.54. The maximum atomic E-state index is 11.3. The van der Waals surface area contributed by atoms with Crippen LogP contribution in [-0.4, -0.2) is 28.1 Å². The van der Waals surface area contributed by atoms with Gasteiger partial charge in [0.15, 0.2) is 5.82 Å². The zero-order chi connectivity index (χ0) is 13.3. The zero-order valence-electron chi connectivity index (χ0n) is 9.22. The summed E-state index contributed by atoms with van der Waals surface area (Å²) in [7, 11) is 1.23. The first-order valence-corrected chi connectivity index (χ1v) is 5.55. The highest BCUT2D eigenvalue weighted by molar-refractivity contribution is 6.35. The number of rotatable bonds is 2. The second kappa shape index (κ2) is 4.83. The molecule has 0 unspecified atom stereocenters. The van der Waals surface area contributed by atoms with E-state index >= 15 is 0 Å². The first kappa shape index (κ1) is 12.7. The van der Waals surface area contributed by atoms with Gasteiger partial charge in [-0.05, 0) is 18.2 Å². The highest BCUT2D eigenvalue weighted by Crippen LogP contribution is 2.26. The van der Waals surface area contributed by atoms with E-state index in [-0.39, 0.29) is 11.5 Å². The monoisotopic (exact) mass is 286 g/mol. The van der Waals surface area contributed by atoms with Crippen molar-refractivity contribution in [2.45, 2.75) is 0 Å². The molecule has 0 atom stereocenters. The molecule has 2 N–H and O–H groups in total. The lowest BCUT2D eigenvalue weighted by Gasteiger charge is -2.05. The predicted molar refractivity (Wildman–Crippen MR) is 67.1 cm³/mol. The topological polar surface area (TPSA) is 83.0 Å². The van der Waals surface area contributed by atoms with Gasteiger partial charge in [-0.1, -0.05) is 28.4 Å². The van der Waals surface area contributed by atoms with Crippen molar-refractivity contribution in [2.75, 3.05) is 12.8 Å². The number of ether oxygens (including phenoxy) is 1. The molecule has 1 aromatic carbocycles. The van der Waals surface area contributed by atoms with Gasteiger partial charge in [0.1, 0.15) is 0 Å². The molecule has 2 rings (SSSR count). The standard InChI is InChI=1S/C10H8Cl2N4O2/c1-18-10(17)8-9(13)16(15-14-8)7-3-2-5(11)4-6(7)12/h2-4H,13H2,1H3. The lowest BCUT2D eigenvalue weighted by Crippen LogP contribution is -2.08. The van der Waals surface area contributed by atoms with Gasteiger partial charge >= 0.3 is 5.97 Å². The summed E-state index contributed by atoms with van der Waals surface area (Å²) in [4.78, 5) is 11.3. The van der Waals surface area contributed by atoms with E-state index in [1.54, 1.807) is 12.1 Å². The number of nitrogens with zero attached hydrogens (tertiary/aromatic N) is 3. The van der Waals surface area contributed by atoms with Crippen molar-refractivity contribution in [3.63, 3.8) is 0 Å². The number of carbonyl (C=O) groups is 1. The van der Waals surface area contributed by atoms with Crippen LogP contribution in [0.2, 0.25) is 10.0 Å². The van der Waals surface area contributed by atoms with Crippen molar-refractivity contribution >= 4 is 35.0 Å². The normalized spacial score (nSPS) is 10.4. The summed E-state index contributed by atoms with van der Waals surface area (Å²) in [6.07, 6.45) is 0. The van der Waals surface area contributed by atoms with E-state index in [0.29, 0.717) is 15.7 Å². The minimum atomic E-state index is -0.663. The lowest BCUT2D eigenvalue weighted by molar-refractivity contribution is 0.0595. The van der Waals surface area contributed by atoms with Crippen molar-refractivity contribution in [3.8, 4) is 5.69 Å². The number of nitrogen functional groups attached to an aromatic ring is 1. The van der Waals surface area contributed by atoms with Gasteiger partial charge < -0.3 is 10.5 Å². The molecule has 0 saturated carbocycles. The number of aromatic nitrogens is 3. The summed E-state index contributed by atoms with van der Waals surface area (Å²) in [6, 6.07) is 4.79. The molecule has 6 nitrogen and oxygen atoms in total. The molecule has 0 spiro atoms. The smallest absolute Gasteiger partial charge is 0.362 e. The van der Waals surface area contributed by atoms with E-state index in [0.717, 1.165) is 0 Å². The molecule has 1 heterocycles. The minimum absolute atomic E-state index is 0.0473. The number of anilines is 1. The average Bonchev–Trinajstić information content (AvgIpc) is 2.70. The molecule has 1 aromatic heterocycles. The fourth-order valence-electron chi connectivity index (χ4n) is 1.36. The van der Waals surface area contributed by atoms with E-state index in [2.05, 4.69) is 15.0 Å². The Labute approximate surface area is 112 Å². The molecule has 0 aliphatic heterocycles. The molecular weight excluding hydrogens is 279 g/mol. The third-order valence-electron chi connectivity index (χ3n) is 2.22. The van der Waals surface area contributed by atoms with Crippen LogP contribution in [0.5, 0.6) is 0 Å². The summed E-state index contributed by atoms with van der Waals surface area (Å²) in [5.74, 6) is -0.616. The van der Waals surface area contributed by atoms with Crippen LogP contribution in [-0.2, 0) is 4.74 Å². The van der Waals surface area contributed by atoms with Crippen molar-refractivity contribution < 1.29 is 9.53 Å². The summed E-state index contributed by atoms with van der Waals surface area (Å²) >= 11 is 11.8. The molecule has 0 bridgehead atoms. The summed E-state index contributed by atoms with van der Waals surface area (Å²) in [5.41, 5.74) is 6.17. The molecule has 18 heavy (non-hydrogen) atoms. The van der Waals surface area contributed by atoms with Crippen LogP contribution in [0.25, 0.3) is 5.69 Å². The Hall–Kier alpha value is -1.79. The van der Waals surface area contributed by atoms with Crippen LogP contribution < -0.4 is 5.73 Å². The number of halogens is 2. The van der Waals surface area contributed by atoms with E-state index in [1.165, 1.54) is 17.9 Å². The lowest BCUT2D eigenvalue weighted by atomic mass is 10.3. The zero-order valence-corrected chi connectivity index (χ0v) is 10.7. The SMILES string of the molecule is COC(=O)c1nnn(-c2ccc(Cl)cc2Cl)c1N. The van der Waals surface area contributed by atoms with Crippen LogP contribution in [0.1, 0.15) is 10.5 Å². The van der Waals surface area contributed by atoms with Crippen LogP contribution in [0.3, 0.4) is 0 Å². The maximum absolute atomic E-state index is 11.3. The number of benzene rings is 1. The van der Waals surface area contributed by atoms with Gasteiger partial charge in [0.05, 0.1) is 17.8 Å². The molecule has 0 radical (unpaired) electrons. The van der Waals surface area contributed by atoms with Gasteiger partial charge in [0.25, 0.3) is 0 Å². The second-order valence-electron chi connectivity index (χ2n) is 3.32. The maximum Gasteiger partial charge on any atom is 0.362 e. The van der Waals surface area contributed by atoms with E-state index < -0.39 is 5.97 Å². The summed E-state index contributed by atoms with van der Waals surface area (Å²) in [5, 5.41) is 8.23. The van der Waals surface area contributed by atoms with Gasteiger partial charge in [-0.2, -0.15) is 4.68 Å². The third-order valence-corrected chi connectivity index (χ3v) is 2.76. The number of nitrogens with two attached hydrogens (primary N) is 1. The Morgan fingerprint density at radius 1 is 1.44 bits per heavy atom. The number of carbonyl (C=O) groups excluding carboxylic acids is 1. The van der Waals surface area contributed by atoms with Gasteiger partial charge in [-0.15, -0.1) is 5.10 Å². The molecule has 0 aliphatic rings.